The summed E-state index contributed by atoms with van der Waals surface area (Å²) in [6, 6.07) is 13.5. The first-order valence-electron chi connectivity index (χ1n) is 10.7. The molecule has 164 valence electrons. The number of aromatic nitrogens is 2. The van der Waals surface area contributed by atoms with Gasteiger partial charge in [0.1, 0.15) is 16.8 Å². The third-order valence-electron chi connectivity index (χ3n) is 5.53. The van der Waals surface area contributed by atoms with Crippen molar-refractivity contribution in [3.05, 3.63) is 59.2 Å². The third kappa shape index (κ3) is 4.43. The lowest BCUT2D eigenvalue weighted by atomic mass is 10.0. The van der Waals surface area contributed by atoms with Crippen LogP contribution >= 0.6 is 11.3 Å². The van der Waals surface area contributed by atoms with Gasteiger partial charge in [0.25, 0.3) is 5.91 Å². The number of nitrogens with zero attached hydrogens (tertiary/aromatic N) is 3. The summed E-state index contributed by atoms with van der Waals surface area (Å²) < 4.78 is 12.4. The Balaban J connectivity index is 1.32. The van der Waals surface area contributed by atoms with Gasteiger partial charge in [-0.3, -0.25) is 9.69 Å². The van der Waals surface area contributed by atoms with Gasteiger partial charge in [-0.2, -0.15) is 0 Å². The number of morpholine rings is 1. The molecule has 0 aliphatic carbocycles. The summed E-state index contributed by atoms with van der Waals surface area (Å²) in [6.07, 6.45) is 1.52. The normalized spacial score (nSPS) is 14.7. The Kier molecular flexibility index (Phi) is 5.98. The van der Waals surface area contributed by atoms with Crippen LogP contribution in [0.25, 0.3) is 21.0 Å². The monoisotopic (exact) mass is 448 g/mol. The molecule has 0 radical (unpaired) electrons. The number of fused-ring (bicyclic) bond motifs is 2. The number of ether oxygens (including phenoxy) is 2. The van der Waals surface area contributed by atoms with E-state index in [1.54, 1.807) is 11.3 Å². The summed E-state index contributed by atoms with van der Waals surface area (Å²) >= 11 is 1.61. The summed E-state index contributed by atoms with van der Waals surface area (Å²) in [5.41, 5.74) is 1.55. The molecule has 32 heavy (non-hydrogen) atoms. The van der Waals surface area contributed by atoms with Crippen molar-refractivity contribution in [2.45, 2.75) is 6.92 Å². The number of rotatable bonds is 6. The number of aryl methyl sites for hydroxylation is 1. The highest BCUT2D eigenvalue weighted by atomic mass is 32.1. The molecule has 1 N–H and O–H groups in total. The van der Waals surface area contributed by atoms with Crippen molar-refractivity contribution in [1.82, 2.24) is 20.2 Å². The number of amides is 1. The molecule has 0 unspecified atom stereocenters. The molecule has 1 amide bonds. The average Bonchev–Trinajstić information content (AvgIpc) is 3.20. The van der Waals surface area contributed by atoms with Gasteiger partial charge in [0.15, 0.2) is 0 Å². The maximum Gasteiger partial charge on any atom is 0.251 e. The number of carbonyl (C=O) groups is 1. The zero-order valence-corrected chi connectivity index (χ0v) is 18.7. The van der Waals surface area contributed by atoms with Gasteiger partial charge in [-0.25, -0.2) is 9.97 Å². The SMILES string of the molecule is Cc1cc2ncnc(Oc3ccc4c(C(=O)NCCN5CCOCC5)cccc4c3)c2s1. The zero-order valence-electron chi connectivity index (χ0n) is 17.8. The molecule has 4 aromatic rings. The van der Waals surface area contributed by atoms with Crippen LogP contribution in [0.3, 0.4) is 0 Å². The van der Waals surface area contributed by atoms with Crippen molar-refractivity contribution in [3.63, 3.8) is 0 Å². The Morgan fingerprint density at radius 3 is 2.94 bits per heavy atom. The largest absolute Gasteiger partial charge is 0.437 e. The highest BCUT2D eigenvalue weighted by molar-refractivity contribution is 7.19. The summed E-state index contributed by atoms with van der Waals surface area (Å²) in [7, 11) is 0. The Labute approximate surface area is 190 Å². The summed E-state index contributed by atoms with van der Waals surface area (Å²) in [6.45, 7) is 6.82. The molecule has 5 rings (SSSR count). The molecule has 1 aliphatic rings. The van der Waals surface area contributed by atoms with E-state index >= 15 is 0 Å². The number of hydrogen-bond acceptors (Lipinski definition) is 7. The van der Waals surface area contributed by atoms with Crippen LogP contribution in [0.4, 0.5) is 0 Å². The quantitative estimate of drug-likeness (QED) is 0.480. The van der Waals surface area contributed by atoms with Gasteiger partial charge in [0.05, 0.1) is 18.7 Å². The number of nitrogens with one attached hydrogen (secondary N) is 1. The Hall–Kier alpha value is -3.07. The lowest BCUT2D eigenvalue weighted by Crippen LogP contribution is -2.41. The van der Waals surface area contributed by atoms with Crippen LogP contribution < -0.4 is 10.1 Å². The third-order valence-corrected chi connectivity index (χ3v) is 6.56. The molecule has 1 saturated heterocycles. The van der Waals surface area contributed by atoms with Crippen LogP contribution in [0.1, 0.15) is 15.2 Å². The highest BCUT2D eigenvalue weighted by Crippen LogP contribution is 2.34. The molecule has 0 atom stereocenters. The fraction of sp³-hybridized carbons (Fsp3) is 0.292. The molecule has 3 heterocycles. The summed E-state index contributed by atoms with van der Waals surface area (Å²) in [4.78, 5) is 24.9. The molecule has 2 aromatic heterocycles. The van der Waals surface area contributed by atoms with E-state index < -0.39 is 0 Å². The van der Waals surface area contributed by atoms with Crippen LogP contribution in [0.15, 0.2) is 48.8 Å². The molecule has 0 bridgehead atoms. The van der Waals surface area contributed by atoms with Crippen LogP contribution in [0.2, 0.25) is 0 Å². The van der Waals surface area contributed by atoms with Gasteiger partial charge < -0.3 is 14.8 Å². The Morgan fingerprint density at radius 2 is 2.06 bits per heavy atom. The van der Waals surface area contributed by atoms with Crippen molar-refractivity contribution < 1.29 is 14.3 Å². The average molecular weight is 449 g/mol. The van der Waals surface area contributed by atoms with E-state index in [1.165, 1.54) is 6.33 Å². The van der Waals surface area contributed by atoms with Crippen molar-refractivity contribution in [2.24, 2.45) is 0 Å². The molecule has 0 saturated carbocycles. The van der Waals surface area contributed by atoms with Crippen molar-refractivity contribution in [3.8, 4) is 11.6 Å². The molecule has 7 nitrogen and oxygen atoms in total. The molecule has 8 heteroatoms. The molecule has 1 fully saturated rings. The minimum Gasteiger partial charge on any atom is -0.437 e. The Morgan fingerprint density at radius 1 is 1.19 bits per heavy atom. The molecule has 0 spiro atoms. The predicted octanol–water partition coefficient (Wildman–Crippen LogP) is 4.01. The van der Waals surface area contributed by atoms with Crippen LogP contribution in [0.5, 0.6) is 11.6 Å². The number of carbonyl (C=O) groups excluding carboxylic acids is 1. The highest BCUT2D eigenvalue weighted by Gasteiger charge is 2.14. The summed E-state index contributed by atoms with van der Waals surface area (Å²) in [5, 5.41) is 4.88. The number of benzene rings is 2. The van der Waals surface area contributed by atoms with Crippen molar-refractivity contribution >= 4 is 38.2 Å². The smallest absolute Gasteiger partial charge is 0.251 e. The summed E-state index contributed by atoms with van der Waals surface area (Å²) in [5.74, 6) is 1.15. The topological polar surface area (TPSA) is 76.6 Å². The second-order valence-electron chi connectivity index (χ2n) is 7.75. The van der Waals surface area contributed by atoms with Gasteiger partial charge >= 0.3 is 0 Å². The fourth-order valence-electron chi connectivity index (χ4n) is 3.91. The van der Waals surface area contributed by atoms with E-state index in [1.807, 2.05) is 49.4 Å². The van der Waals surface area contributed by atoms with Crippen LogP contribution in [0, 0.1) is 6.92 Å². The zero-order chi connectivity index (χ0) is 21.9. The van der Waals surface area contributed by atoms with E-state index in [-0.39, 0.29) is 5.91 Å². The second kappa shape index (κ2) is 9.20. The van der Waals surface area contributed by atoms with E-state index in [9.17, 15) is 4.79 Å². The van der Waals surface area contributed by atoms with Crippen LogP contribution in [-0.2, 0) is 4.74 Å². The van der Waals surface area contributed by atoms with E-state index in [0.29, 0.717) is 23.7 Å². The first kappa shape index (κ1) is 20.8. The number of hydrogen-bond donors (Lipinski definition) is 1. The van der Waals surface area contributed by atoms with E-state index in [0.717, 1.165) is 58.7 Å². The first-order valence-corrected chi connectivity index (χ1v) is 11.5. The van der Waals surface area contributed by atoms with Gasteiger partial charge in [0, 0.05) is 36.6 Å². The minimum atomic E-state index is -0.0657. The predicted molar refractivity (Wildman–Crippen MR) is 126 cm³/mol. The molecular formula is C24H24N4O3S. The minimum absolute atomic E-state index is 0.0657. The lowest BCUT2D eigenvalue weighted by Gasteiger charge is -2.26. The van der Waals surface area contributed by atoms with Gasteiger partial charge in [-0.1, -0.05) is 12.1 Å². The van der Waals surface area contributed by atoms with Gasteiger partial charge in [-0.05, 0) is 48.0 Å². The maximum absolute atomic E-state index is 12.8. The fourth-order valence-corrected chi connectivity index (χ4v) is 4.80. The van der Waals surface area contributed by atoms with Crippen LogP contribution in [-0.4, -0.2) is 60.2 Å². The molecule has 2 aromatic carbocycles. The lowest BCUT2D eigenvalue weighted by molar-refractivity contribution is 0.0383. The van der Waals surface area contributed by atoms with Gasteiger partial charge in [0.2, 0.25) is 5.88 Å². The molecular weight excluding hydrogens is 424 g/mol. The second-order valence-corrected chi connectivity index (χ2v) is 9.01. The van der Waals surface area contributed by atoms with Crippen molar-refractivity contribution in [2.75, 3.05) is 39.4 Å². The van der Waals surface area contributed by atoms with Gasteiger partial charge in [-0.15, -0.1) is 11.3 Å². The Bertz CT molecular complexity index is 1270. The van der Waals surface area contributed by atoms with Crippen molar-refractivity contribution in [1.29, 1.82) is 0 Å². The maximum atomic E-state index is 12.8. The number of thiophene rings is 1. The standard InChI is InChI=1S/C24H24N4O3S/c1-16-13-21-22(32-16)24(27-15-26-21)31-18-5-6-19-17(14-18)3-2-4-20(19)23(29)25-7-8-28-9-11-30-12-10-28/h2-6,13-15H,7-12H2,1H3,(H,25,29). The van der Waals surface area contributed by atoms with E-state index in [2.05, 4.69) is 20.2 Å². The van der Waals surface area contributed by atoms with E-state index in [4.69, 9.17) is 9.47 Å². The first-order chi connectivity index (χ1) is 15.7. The molecule has 1 aliphatic heterocycles.